The first kappa shape index (κ1) is 15.5. The lowest BCUT2D eigenvalue weighted by Gasteiger charge is -2.27. The van der Waals surface area contributed by atoms with E-state index in [1.807, 2.05) is 18.2 Å². The summed E-state index contributed by atoms with van der Waals surface area (Å²) in [6, 6.07) is 11.3. The standard InChI is InChI=1S/C18H21NO4/c1-21-15-6-7-16(20)13(9-15)10-19-14-8-12-4-3-5-17(22-2)18(12)23-11-14/h3-7,9,14,19-20H,8,10-11H2,1-2H3. The fourth-order valence-electron chi connectivity index (χ4n) is 2.77. The average molecular weight is 315 g/mol. The molecule has 2 N–H and O–H groups in total. The van der Waals surface area contributed by atoms with Crippen LogP contribution >= 0.6 is 0 Å². The van der Waals surface area contributed by atoms with Gasteiger partial charge in [-0.05, 0) is 36.2 Å². The van der Waals surface area contributed by atoms with Crippen LogP contribution in [0.25, 0.3) is 0 Å². The number of ether oxygens (including phenoxy) is 3. The van der Waals surface area contributed by atoms with Gasteiger partial charge in [-0.15, -0.1) is 0 Å². The summed E-state index contributed by atoms with van der Waals surface area (Å²) in [5.41, 5.74) is 1.93. The lowest BCUT2D eigenvalue weighted by atomic mass is 10.0. The van der Waals surface area contributed by atoms with Gasteiger partial charge in [-0.25, -0.2) is 0 Å². The first-order valence-electron chi connectivity index (χ1n) is 7.59. The van der Waals surface area contributed by atoms with E-state index in [9.17, 15) is 5.11 Å². The van der Waals surface area contributed by atoms with Gasteiger partial charge in [0, 0.05) is 18.2 Å². The highest BCUT2D eigenvalue weighted by Gasteiger charge is 2.22. The molecule has 122 valence electrons. The topological polar surface area (TPSA) is 60.0 Å². The zero-order chi connectivity index (χ0) is 16.2. The molecule has 1 unspecified atom stereocenters. The van der Waals surface area contributed by atoms with Crippen LogP contribution in [-0.4, -0.2) is 32.0 Å². The Kier molecular flexibility index (Phi) is 4.57. The van der Waals surface area contributed by atoms with Crippen LogP contribution in [-0.2, 0) is 13.0 Å². The molecule has 1 heterocycles. The van der Waals surface area contributed by atoms with Gasteiger partial charge in [-0.1, -0.05) is 12.1 Å². The molecule has 0 aromatic heterocycles. The lowest BCUT2D eigenvalue weighted by Crippen LogP contribution is -2.38. The molecule has 1 aliphatic rings. The SMILES string of the molecule is COc1ccc(O)c(CNC2COc3c(cccc3OC)C2)c1. The molecule has 1 atom stereocenters. The number of rotatable bonds is 5. The zero-order valence-corrected chi connectivity index (χ0v) is 13.3. The molecule has 0 aliphatic carbocycles. The van der Waals surface area contributed by atoms with Gasteiger partial charge in [0.2, 0.25) is 0 Å². The van der Waals surface area contributed by atoms with Crippen LogP contribution in [0.5, 0.6) is 23.0 Å². The molecule has 2 aromatic carbocycles. The van der Waals surface area contributed by atoms with Gasteiger partial charge in [0.05, 0.1) is 14.2 Å². The maximum absolute atomic E-state index is 9.94. The minimum Gasteiger partial charge on any atom is -0.508 e. The summed E-state index contributed by atoms with van der Waals surface area (Å²) in [6.45, 7) is 1.12. The van der Waals surface area contributed by atoms with E-state index in [2.05, 4.69) is 11.4 Å². The summed E-state index contributed by atoms with van der Waals surface area (Å²) < 4.78 is 16.4. The number of phenolic OH excluding ortho intramolecular Hbond substituents is 1. The van der Waals surface area contributed by atoms with Crippen molar-refractivity contribution in [2.24, 2.45) is 0 Å². The van der Waals surface area contributed by atoms with E-state index < -0.39 is 0 Å². The summed E-state index contributed by atoms with van der Waals surface area (Å²) in [5.74, 6) is 2.59. The van der Waals surface area contributed by atoms with Crippen LogP contribution in [0.15, 0.2) is 36.4 Å². The van der Waals surface area contributed by atoms with Gasteiger partial charge < -0.3 is 24.6 Å². The highest BCUT2D eigenvalue weighted by Crippen LogP contribution is 2.34. The van der Waals surface area contributed by atoms with Crippen molar-refractivity contribution in [3.05, 3.63) is 47.5 Å². The number of hydrogen-bond acceptors (Lipinski definition) is 5. The molecule has 3 rings (SSSR count). The van der Waals surface area contributed by atoms with E-state index >= 15 is 0 Å². The summed E-state index contributed by atoms with van der Waals surface area (Å²) in [6.07, 6.45) is 0.858. The van der Waals surface area contributed by atoms with Crippen LogP contribution in [0.3, 0.4) is 0 Å². The van der Waals surface area contributed by atoms with Gasteiger partial charge >= 0.3 is 0 Å². The zero-order valence-electron chi connectivity index (χ0n) is 13.3. The van der Waals surface area contributed by atoms with Crippen molar-refractivity contribution in [2.75, 3.05) is 20.8 Å². The second-order valence-corrected chi connectivity index (χ2v) is 5.54. The highest BCUT2D eigenvalue weighted by molar-refractivity contribution is 5.48. The van der Waals surface area contributed by atoms with Gasteiger partial charge in [0.1, 0.15) is 18.1 Å². The van der Waals surface area contributed by atoms with Crippen molar-refractivity contribution in [3.63, 3.8) is 0 Å². The van der Waals surface area contributed by atoms with Gasteiger partial charge in [0.15, 0.2) is 11.5 Å². The lowest BCUT2D eigenvalue weighted by molar-refractivity contribution is 0.226. The van der Waals surface area contributed by atoms with Crippen molar-refractivity contribution in [3.8, 4) is 23.0 Å². The highest BCUT2D eigenvalue weighted by atomic mass is 16.5. The van der Waals surface area contributed by atoms with Crippen LogP contribution < -0.4 is 19.5 Å². The quantitative estimate of drug-likeness (QED) is 0.888. The summed E-state index contributed by atoms with van der Waals surface area (Å²) in [5, 5.41) is 13.4. The largest absolute Gasteiger partial charge is 0.508 e. The minimum atomic E-state index is 0.181. The molecule has 0 fully saturated rings. The molecule has 2 aromatic rings. The number of phenols is 1. The molecule has 0 saturated heterocycles. The fraction of sp³-hybridized carbons (Fsp3) is 0.333. The van der Waals surface area contributed by atoms with E-state index in [4.69, 9.17) is 14.2 Å². The molecule has 0 amide bonds. The first-order chi connectivity index (χ1) is 11.2. The van der Waals surface area contributed by atoms with Crippen molar-refractivity contribution in [1.82, 2.24) is 5.32 Å². The second kappa shape index (κ2) is 6.79. The molecule has 5 nitrogen and oxygen atoms in total. The van der Waals surface area contributed by atoms with E-state index in [0.29, 0.717) is 13.2 Å². The molecular weight excluding hydrogens is 294 g/mol. The summed E-state index contributed by atoms with van der Waals surface area (Å²) >= 11 is 0. The van der Waals surface area contributed by atoms with Crippen molar-refractivity contribution >= 4 is 0 Å². The number of hydrogen-bond donors (Lipinski definition) is 2. The Morgan fingerprint density at radius 1 is 1.22 bits per heavy atom. The van der Waals surface area contributed by atoms with E-state index in [-0.39, 0.29) is 11.8 Å². The van der Waals surface area contributed by atoms with E-state index in [0.717, 1.165) is 34.8 Å². The van der Waals surface area contributed by atoms with Crippen LogP contribution in [0.2, 0.25) is 0 Å². The first-order valence-corrected chi connectivity index (χ1v) is 7.59. The second-order valence-electron chi connectivity index (χ2n) is 5.54. The Balaban J connectivity index is 1.66. The monoisotopic (exact) mass is 315 g/mol. The maximum Gasteiger partial charge on any atom is 0.164 e. The number of fused-ring (bicyclic) bond motifs is 1. The molecule has 0 spiro atoms. The molecule has 0 radical (unpaired) electrons. The molecular formula is C18H21NO4. The normalized spacial score (nSPS) is 16.3. The molecule has 0 bridgehead atoms. The molecule has 5 heteroatoms. The maximum atomic E-state index is 9.94. The van der Waals surface area contributed by atoms with E-state index in [1.165, 1.54) is 0 Å². The van der Waals surface area contributed by atoms with Crippen LogP contribution in [0.4, 0.5) is 0 Å². The minimum absolute atomic E-state index is 0.181. The number of methoxy groups -OCH3 is 2. The third-order valence-electron chi connectivity index (χ3n) is 4.04. The third-order valence-corrected chi connectivity index (χ3v) is 4.04. The predicted molar refractivity (Wildman–Crippen MR) is 87.5 cm³/mol. The number of nitrogens with one attached hydrogen (secondary N) is 1. The predicted octanol–water partition coefficient (Wildman–Crippen LogP) is 2.50. The van der Waals surface area contributed by atoms with Crippen molar-refractivity contribution in [2.45, 2.75) is 19.0 Å². The molecule has 23 heavy (non-hydrogen) atoms. The Morgan fingerprint density at radius 3 is 2.87 bits per heavy atom. The summed E-state index contributed by atoms with van der Waals surface area (Å²) in [7, 11) is 3.26. The molecule has 1 aliphatic heterocycles. The van der Waals surface area contributed by atoms with Gasteiger partial charge in [-0.3, -0.25) is 0 Å². The Morgan fingerprint density at radius 2 is 2.09 bits per heavy atom. The van der Waals surface area contributed by atoms with Crippen LogP contribution in [0.1, 0.15) is 11.1 Å². The van der Waals surface area contributed by atoms with Gasteiger partial charge in [0.25, 0.3) is 0 Å². The number of aromatic hydroxyl groups is 1. The van der Waals surface area contributed by atoms with Crippen molar-refractivity contribution in [1.29, 1.82) is 0 Å². The Hall–Kier alpha value is -2.40. The Labute approximate surface area is 135 Å². The van der Waals surface area contributed by atoms with E-state index in [1.54, 1.807) is 26.4 Å². The Bertz CT molecular complexity index is 687. The summed E-state index contributed by atoms with van der Waals surface area (Å²) in [4.78, 5) is 0. The van der Waals surface area contributed by atoms with Gasteiger partial charge in [-0.2, -0.15) is 0 Å². The average Bonchev–Trinajstić information content (AvgIpc) is 2.60. The number of benzene rings is 2. The molecule has 0 saturated carbocycles. The van der Waals surface area contributed by atoms with Crippen LogP contribution in [0, 0.1) is 0 Å². The van der Waals surface area contributed by atoms with Crippen molar-refractivity contribution < 1.29 is 19.3 Å². The third kappa shape index (κ3) is 3.35. The smallest absolute Gasteiger partial charge is 0.164 e. The fourth-order valence-corrected chi connectivity index (χ4v) is 2.77. The number of para-hydroxylation sites is 1.